The van der Waals surface area contributed by atoms with Crippen LogP contribution in [0.4, 0.5) is 8.78 Å². The number of benzene rings is 2. The van der Waals surface area contributed by atoms with Crippen molar-refractivity contribution in [3.05, 3.63) is 83.1 Å². The van der Waals surface area contributed by atoms with Gasteiger partial charge in [-0.25, -0.2) is 8.78 Å². The molecule has 23 heavy (non-hydrogen) atoms. The lowest BCUT2D eigenvalue weighted by atomic mass is 10.1. The van der Waals surface area contributed by atoms with Gasteiger partial charge in [-0.05, 0) is 55.3 Å². The quantitative estimate of drug-likeness (QED) is 0.791. The second-order valence-corrected chi connectivity index (χ2v) is 5.74. The van der Waals surface area contributed by atoms with Crippen molar-refractivity contribution in [2.45, 2.75) is 26.6 Å². The van der Waals surface area contributed by atoms with E-state index < -0.39 is 0 Å². The fraction of sp³-hybridized carbons (Fsp3) is 0.211. The third-order valence-corrected chi connectivity index (χ3v) is 3.88. The van der Waals surface area contributed by atoms with Crippen LogP contribution in [0.3, 0.4) is 0 Å². The summed E-state index contributed by atoms with van der Waals surface area (Å²) in [6, 6.07) is 13.0. The predicted octanol–water partition coefficient (Wildman–Crippen LogP) is 4.84. The highest BCUT2D eigenvalue weighted by Gasteiger charge is 2.24. The lowest BCUT2D eigenvalue weighted by molar-refractivity contribution is 0.249. The summed E-state index contributed by atoms with van der Waals surface area (Å²) < 4.78 is 27.0. The smallest absolute Gasteiger partial charge is 0.147 e. The summed E-state index contributed by atoms with van der Waals surface area (Å²) in [6.45, 7) is 4.43. The molecule has 0 aromatic heterocycles. The van der Waals surface area contributed by atoms with Gasteiger partial charge in [0.1, 0.15) is 17.8 Å². The van der Waals surface area contributed by atoms with Gasteiger partial charge in [-0.2, -0.15) is 0 Å². The minimum absolute atomic E-state index is 0.261. The Morgan fingerprint density at radius 1 is 1.00 bits per heavy atom. The van der Waals surface area contributed by atoms with Gasteiger partial charge >= 0.3 is 0 Å². The normalized spacial score (nSPS) is 17.7. The fourth-order valence-corrected chi connectivity index (χ4v) is 2.84. The van der Waals surface area contributed by atoms with E-state index in [1.807, 2.05) is 32.1 Å². The van der Waals surface area contributed by atoms with Gasteiger partial charge in [-0.1, -0.05) is 24.3 Å². The lowest BCUT2D eigenvalue weighted by Crippen LogP contribution is -2.29. The predicted molar refractivity (Wildman–Crippen MR) is 88.0 cm³/mol. The first-order valence-corrected chi connectivity index (χ1v) is 7.52. The molecule has 0 fully saturated rings. The number of aliphatic imine (C=N–C) groups is 1. The van der Waals surface area contributed by atoms with Crippen LogP contribution in [0.2, 0.25) is 0 Å². The van der Waals surface area contributed by atoms with E-state index >= 15 is 0 Å². The Hall–Kier alpha value is -2.49. The molecule has 0 saturated carbocycles. The summed E-state index contributed by atoms with van der Waals surface area (Å²) in [5.74, 6) is -0.545. The average molecular weight is 312 g/mol. The Kier molecular flexibility index (Phi) is 4.24. The number of hydrogen-bond donors (Lipinski definition) is 0. The molecule has 4 heteroatoms. The molecule has 0 radical (unpaired) electrons. The summed E-state index contributed by atoms with van der Waals surface area (Å²) in [5, 5.41) is 0. The maximum atomic E-state index is 13.6. The molecule has 118 valence electrons. The topological polar surface area (TPSA) is 15.6 Å². The molecule has 2 aromatic rings. The summed E-state index contributed by atoms with van der Waals surface area (Å²) in [6.07, 6.45) is 1.67. The number of nitrogens with zero attached hydrogens (tertiary/aromatic N) is 2. The first kappa shape index (κ1) is 15.4. The Morgan fingerprint density at radius 2 is 1.70 bits per heavy atom. The summed E-state index contributed by atoms with van der Waals surface area (Å²) in [5.41, 5.74) is 3.56. The fourth-order valence-electron chi connectivity index (χ4n) is 2.84. The molecule has 3 rings (SSSR count). The van der Waals surface area contributed by atoms with Crippen LogP contribution in [-0.4, -0.2) is 10.6 Å². The van der Waals surface area contributed by atoms with E-state index in [4.69, 9.17) is 0 Å². The minimum Gasteiger partial charge on any atom is -0.345 e. The maximum Gasteiger partial charge on any atom is 0.147 e. The standard InChI is InChI=1S/C19H18F2N2/c1-13-9-14(2)23(12-15-5-3-7-17(20)10-15)19(22-13)16-6-4-8-18(21)11-16/h3-11,19H,12H2,1-2H3. The van der Waals surface area contributed by atoms with Crippen molar-refractivity contribution in [2.24, 2.45) is 4.99 Å². The van der Waals surface area contributed by atoms with Crippen molar-refractivity contribution in [3.8, 4) is 0 Å². The molecule has 1 aliphatic heterocycles. The van der Waals surface area contributed by atoms with E-state index in [9.17, 15) is 8.78 Å². The number of rotatable bonds is 3. The molecule has 0 bridgehead atoms. The Balaban J connectivity index is 1.96. The van der Waals surface area contributed by atoms with Crippen LogP contribution in [0.15, 0.2) is 65.3 Å². The van der Waals surface area contributed by atoms with Crippen molar-refractivity contribution in [3.63, 3.8) is 0 Å². The number of allylic oxidation sites excluding steroid dienone is 2. The molecular formula is C19H18F2N2. The van der Waals surface area contributed by atoms with Crippen LogP contribution in [0.1, 0.15) is 31.1 Å². The van der Waals surface area contributed by atoms with E-state index in [1.165, 1.54) is 24.3 Å². The van der Waals surface area contributed by atoms with Crippen LogP contribution in [-0.2, 0) is 6.54 Å². The Labute approximate surface area is 134 Å². The SMILES string of the molecule is CC1=CC(C)=NC(c2cccc(F)c2)N1Cc1cccc(F)c1. The summed E-state index contributed by atoms with van der Waals surface area (Å²) in [7, 11) is 0. The molecule has 0 amide bonds. The van der Waals surface area contributed by atoms with E-state index in [2.05, 4.69) is 9.89 Å². The van der Waals surface area contributed by atoms with E-state index in [0.717, 1.165) is 22.5 Å². The lowest BCUT2D eigenvalue weighted by Gasteiger charge is -2.35. The molecule has 1 aliphatic rings. The van der Waals surface area contributed by atoms with Crippen LogP contribution < -0.4 is 0 Å². The molecular weight excluding hydrogens is 294 g/mol. The highest BCUT2D eigenvalue weighted by Crippen LogP contribution is 2.31. The van der Waals surface area contributed by atoms with Gasteiger partial charge in [-0.15, -0.1) is 0 Å². The first-order chi connectivity index (χ1) is 11.0. The van der Waals surface area contributed by atoms with Crippen molar-refractivity contribution < 1.29 is 8.78 Å². The molecule has 2 nitrogen and oxygen atoms in total. The molecule has 0 aliphatic carbocycles. The molecule has 0 spiro atoms. The first-order valence-electron chi connectivity index (χ1n) is 7.52. The molecule has 1 unspecified atom stereocenters. The van der Waals surface area contributed by atoms with Gasteiger partial charge < -0.3 is 4.90 Å². The van der Waals surface area contributed by atoms with Crippen molar-refractivity contribution >= 4 is 5.71 Å². The second kappa shape index (κ2) is 6.32. The molecule has 1 atom stereocenters. The third-order valence-electron chi connectivity index (χ3n) is 3.88. The molecule has 2 aromatic carbocycles. The van der Waals surface area contributed by atoms with Crippen molar-refractivity contribution in [2.75, 3.05) is 0 Å². The highest BCUT2D eigenvalue weighted by atomic mass is 19.1. The molecule has 0 N–H and O–H groups in total. The summed E-state index contributed by atoms with van der Waals surface area (Å²) >= 11 is 0. The summed E-state index contributed by atoms with van der Waals surface area (Å²) in [4.78, 5) is 6.70. The second-order valence-electron chi connectivity index (χ2n) is 5.74. The van der Waals surface area contributed by atoms with Crippen LogP contribution in [0.5, 0.6) is 0 Å². The Morgan fingerprint density at radius 3 is 2.39 bits per heavy atom. The zero-order chi connectivity index (χ0) is 16.4. The van der Waals surface area contributed by atoms with Crippen LogP contribution in [0, 0.1) is 11.6 Å². The van der Waals surface area contributed by atoms with E-state index in [-0.39, 0.29) is 17.8 Å². The zero-order valence-corrected chi connectivity index (χ0v) is 13.1. The van der Waals surface area contributed by atoms with Gasteiger partial charge in [0.05, 0.1) is 0 Å². The van der Waals surface area contributed by atoms with Gasteiger partial charge in [0, 0.05) is 18.0 Å². The molecule has 0 saturated heterocycles. The monoisotopic (exact) mass is 312 g/mol. The van der Waals surface area contributed by atoms with Crippen LogP contribution in [0.25, 0.3) is 0 Å². The van der Waals surface area contributed by atoms with Gasteiger partial charge in [0.15, 0.2) is 0 Å². The number of halogens is 2. The molecule has 1 heterocycles. The van der Waals surface area contributed by atoms with Crippen molar-refractivity contribution in [1.82, 2.24) is 4.90 Å². The van der Waals surface area contributed by atoms with Gasteiger partial charge in [-0.3, -0.25) is 4.99 Å². The maximum absolute atomic E-state index is 13.6. The highest BCUT2D eigenvalue weighted by molar-refractivity contribution is 5.94. The van der Waals surface area contributed by atoms with E-state index in [0.29, 0.717) is 6.54 Å². The van der Waals surface area contributed by atoms with Gasteiger partial charge in [0.2, 0.25) is 0 Å². The zero-order valence-electron chi connectivity index (χ0n) is 13.1. The Bertz CT molecular complexity index is 780. The van der Waals surface area contributed by atoms with E-state index in [1.54, 1.807) is 12.1 Å². The van der Waals surface area contributed by atoms with Crippen LogP contribution >= 0.6 is 0 Å². The minimum atomic E-state index is -0.307. The average Bonchev–Trinajstić information content (AvgIpc) is 2.50. The number of hydrogen-bond acceptors (Lipinski definition) is 2. The third kappa shape index (κ3) is 3.47. The largest absolute Gasteiger partial charge is 0.345 e. The van der Waals surface area contributed by atoms with Crippen molar-refractivity contribution in [1.29, 1.82) is 0 Å². The van der Waals surface area contributed by atoms with Gasteiger partial charge in [0.25, 0.3) is 0 Å².